The first-order chi connectivity index (χ1) is 6.81. The third-order valence-electron chi connectivity index (χ3n) is 2.54. The van der Waals surface area contributed by atoms with Crippen LogP contribution in [0.25, 0.3) is 0 Å². The van der Waals surface area contributed by atoms with Crippen LogP contribution in [0.3, 0.4) is 0 Å². The van der Waals surface area contributed by atoms with Gasteiger partial charge in [0.25, 0.3) is 5.91 Å². The van der Waals surface area contributed by atoms with Gasteiger partial charge in [-0.1, -0.05) is 24.3 Å². The molecule has 0 bridgehead atoms. The number of hydrogen-bond donors (Lipinski definition) is 3. The topological polar surface area (TPSA) is 67.1 Å². The van der Waals surface area contributed by atoms with Crippen molar-refractivity contribution in [2.24, 2.45) is 5.84 Å². The Morgan fingerprint density at radius 2 is 2.14 bits per heavy atom. The van der Waals surface area contributed by atoms with Gasteiger partial charge >= 0.3 is 0 Å². The average molecular weight is 191 g/mol. The summed E-state index contributed by atoms with van der Waals surface area (Å²) in [6.07, 6.45) is 0.708. The van der Waals surface area contributed by atoms with Crippen LogP contribution in [0.5, 0.6) is 0 Å². The van der Waals surface area contributed by atoms with E-state index in [2.05, 4.69) is 16.8 Å². The molecule has 1 aromatic rings. The lowest BCUT2D eigenvalue weighted by Crippen LogP contribution is -2.49. The molecule has 0 fully saturated rings. The van der Waals surface area contributed by atoms with Gasteiger partial charge < -0.3 is 5.32 Å². The van der Waals surface area contributed by atoms with Crippen molar-refractivity contribution in [1.29, 1.82) is 0 Å². The fourth-order valence-electron chi connectivity index (χ4n) is 1.74. The minimum Gasteiger partial charge on any atom is -0.301 e. The zero-order chi connectivity index (χ0) is 9.97. The summed E-state index contributed by atoms with van der Waals surface area (Å²) >= 11 is 0. The maximum Gasteiger partial charge on any atom is 0.251 e. The van der Waals surface area contributed by atoms with Crippen LogP contribution in [0.1, 0.15) is 11.1 Å². The van der Waals surface area contributed by atoms with Gasteiger partial charge in [0, 0.05) is 6.54 Å². The second-order valence-electron chi connectivity index (χ2n) is 3.41. The number of nitrogens with one attached hydrogen (secondary N) is 2. The first kappa shape index (κ1) is 9.18. The number of benzene rings is 1. The molecule has 4 heteroatoms. The molecule has 0 aliphatic carbocycles. The van der Waals surface area contributed by atoms with Gasteiger partial charge in [-0.25, -0.2) is 5.84 Å². The summed E-state index contributed by atoms with van der Waals surface area (Å²) in [5.41, 5.74) is 4.64. The van der Waals surface area contributed by atoms with Crippen molar-refractivity contribution in [3.8, 4) is 0 Å². The molecule has 2 rings (SSSR count). The summed E-state index contributed by atoms with van der Waals surface area (Å²) in [4.78, 5) is 11.3. The van der Waals surface area contributed by atoms with Gasteiger partial charge in [-0.3, -0.25) is 10.2 Å². The van der Waals surface area contributed by atoms with Gasteiger partial charge in [-0.05, 0) is 17.5 Å². The second-order valence-corrected chi connectivity index (χ2v) is 3.41. The van der Waals surface area contributed by atoms with E-state index in [1.807, 2.05) is 18.2 Å². The molecule has 0 saturated carbocycles. The Labute approximate surface area is 82.5 Å². The molecule has 0 aromatic heterocycles. The maximum atomic E-state index is 11.3. The third kappa shape index (κ3) is 1.62. The molecule has 0 unspecified atom stereocenters. The maximum absolute atomic E-state index is 11.3. The Morgan fingerprint density at radius 1 is 1.43 bits per heavy atom. The Balaban J connectivity index is 2.17. The minimum absolute atomic E-state index is 0.153. The summed E-state index contributed by atoms with van der Waals surface area (Å²) in [6, 6.07) is 7.91. The van der Waals surface area contributed by atoms with Crippen molar-refractivity contribution >= 4 is 5.91 Å². The van der Waals surface area contributed by atoms with Crippen LogP contribution in [0.4, 0.5) is 0 Å². The molecular formula is C10H13N3O. The van der Waals surface area contributed by atoms with Crippen LogP contribution in [-0.4, -0.2) is 11.9 Å². The minimum atomic E-state index is -0.199. The van der Waals surface area contributed by atoms with Crippen LogP contribution in [0.2, 0.25) is 0 Å². The molecule has 1 aromatic carbocycles. The summed E-state index contributed by atoms with van der Waals surface area (Å²) in [7, 11) is 0. The molecule has 74 valence electrons. The van der Waals surface area contributed by atoms with Crippen molar-refractivity contribution in [3.05, 3.63) is 35.4 Å². The standard InChI is InChI=1S/C10H13N3O/c11-13-10(14)9-5-7-3-1-2-4-8(7)6-12-9/h1-4,9,12H,5-6,11H2,(H,13,14)/t9-/m1/s1. The van der Waals surface area contributed by atoms with Crippen LogP contribution in [-0.2, 0) is 17.8 Å². The molecular weight excluding hydrogens is 178 g/mol. The first-order valence-electron chi connectivity index (χ1n) is 4.62. The quantitative estimate of drug-likeness (QED) is 0.324. The molecule has 0 spiro atoms. The predicted octanol–water partition coefficient (Wildman–Crippen LogP) is -0.309. The molecule has 1 atom stereocenters. The normalized spacial score (nSPS) is 19.9. The van der Waals surface area contributed by atoms with Crippen molar-refractivity contribution in [2.75, 3.05) is 0 Å². The molecule has 4 nitrogen and oxygen atoms in total. The zero-order valence-electron chi connectivity index (χ0n) is 7.79. The fraction of sp³-hybridized carbons (Fsp3) is 0.300. The fourth-order valence-corrected chi connectivity index (χ4v) is 1.74. The number of nitrogens with two attached hydrogens (primary N) is 1. The number of hydrazine groups is 1. The van der Waals surface area contributed by atoms with Crippen LogP contribution >= 0.6 is 0 Å². The monoisotopic (exact) mass is 191 g/mol. The predicted molar refractivity (Wildman–Crippen MR) is 53.1 cm³/mol. The van der Waals surface area contributed by atoms with Crippen molar-refractivity contribution in [1.82, 2.24) is 10.7 Å². The highest BCUT2D eigenvalue weighted by atomic mass is 16.2. The Hall–Kier alpha value is -1.39. The van der Waals surface area contributed by atoms with Crippen LogP contribution in [0.15, 0.2) is 24.3 Å². The van der Waals surface area contributed by atoms with Crippen molar-refractivity contribution in [3.63, 3.8) is 0 Å². The van der Waals surface area contributed by atoms with E-state index in [9.17, 15) is 4.79 Å². The molecule has 14 heavy (non-hydrogen) atoms. The van der Waals surface area contributed by atoms with Crippen LogP contribution in [0, 0.1) is 0 Å². The summed E-state index contributed by atoms with van der Waals surface area (Å²) in [5, 5.41) is 3.13. The molecule has 1 amide bonds. The summed E-state index contributed by atoms with van der Waals surface area (Å²) in [6.45, 7) is 0.730. The molecule has 4 N–H and O–H groups in total. The molecule has 1 aliphatic rings. The van der Waals surface area contributed by atoms with E-state index in [4.69, 9.17) is 5.84 Å². The smallest absolute Gasteiger partial charge is 0.251 e. The van der Waals surface area contributed by atoms with Gasteiger partial charge in [0.15, 0.2) is 0 Å². The SMILES string of the molecule is NNC(=O)[C@H]1Cc2ccccc2CN1. The van der Waals surface area contributed by atoms with E-state index in [0.29, 0.717) is 6.42 Å². The number of hydrogen-bond acceptors (Lipinski definition) is 3. The van der Waals surface area contributed by atoms with Gasteiger partial charge in [0.1, 0.15) is 0 Å². The van der Waals surface area contributed by atoms with E-state index in [0.717, 1.165) is 6.54 Å². The number of fused-ring (bicyclic) bond motifs is 1. The summed E-state index contributed by atoms with van der Waals surface area (Å²) < 4.78 is 0. The Bertz CT molecular complexity index is 351. The molecule has 0 saturated heterocycles. The van der Waals surface area contributed by atoms with E-state index in [1.165, 1.54) is 11.1 Å². The first-order valence-corrected chi connectivity index (χ1v) is 4.62. The molecule has 1 aliphatic heterocycles. The van der Waals surface area contributed by atoms with Gasteiger partial charge in [-0.2, -0.15) is 0 Å². The highest BCUT2D eigenvalue weighted by molar-refractivity contribution is 5.81. The van der Waals surface area contributed by atoms with Gasteiger partial charge in [0.05, 0.1) is 6.04 Å². The average Bonchev–Trinajstić information content (AvgIpc) is 2.27. The highest BCUT2D eigenvalue weighted by Gasteiger charge is 2.22. The second kappa shape index (κ2) is 3.77. The lowest BCUT2D eigenvalue weighted by Gasteiger charge is -2.24. The highest BCUT2D eigenvalue weighted by Crippen LogP contribution is 2.15. The summed E-state index contributed by atoms with van der Waals surface area (Å²) in [5.74, 6) is 4.93. The van der Waals surface area contributed by atoms with Gasteiger partial charge in [-0.15, -0.1) is 0 Å². The number of rotatable bonds is 1. The Kier molecular flexibility index (Phi) is 2.47. The molecule has 0 radical (unpaired) electrons. The number of carbonyl (C=O) groups excluding carboxylic acids is 1. The van der Waals surface area contributed by atoms with E-state index in [1.54, 1.807) is 0 Å². The third-order valence-corrected chi connectivity index (χ3v) is 2.54. The lowest BCUT2D eigenvalue weighted by molar-refractivity contribution is -0.123. The largest absolute Gasteiger partial charge is 0.301 e. The van der Waals surface area contributed by atoms with Crippen molar-refractivity contribution in [2.45, 2.75) is 19.0 Å². The zero-order valence-corrected chi connectivity index (χ0v) is 7.79. The lowest BCUT2D eigenvalue weighted by atomic mass is 9.96. The van der Waals surface area contributed by atoms with Crippen LogP contribution < -0.4 is 16.6 Å². The number of amides is 1. The Morgan fingerprint density at radius 3 is 2.86 bits per heavy atom. The number of carbonyl (C=O) groups is 1. The molecule has 1 heterocycles. The van der Waals surface area contributed by atoms with Gasteiger partial charge in [0.2, 0.25) is 0 Å². The van der Waals surface area contributed by atoms with E-state index < -0.39 is 0 Å². The van der Waals surface area contributed by atoms with Crippen molar-refractivity contribution < 1.29 is 4.79 Å². The van der Waals surface area contributed by atoms with E-state index in [-0.39, 0.29) is 11.9 Å². The van der Waals surface area contributed by atoms with E-state index >= 15 is 0 Å².